The first-order chi connectivity index (χ1) is 14.9. The maximum absolute atomic E-state index is 12.8. The number of ketones is 1. The van der Waals surface area contributed by atoms with Crippen molar-refractivity contribution < 1.29 is 24.5 Å². The molecule has 4 aromatic rings. The van der Waals surface area contributed by atoms with Crippen LogP contribution in [0.1, 0.15) is 26.3 Å². The van der Waals surface area contributed by atoms with Crippen molar-refractivity contribution in [2.75, 3.05) is 0 Å². The third-order valence-electron chi connectivity index (χ3n) is 4.65. The topological polar surface area (TPSA) is 99.6 Å². The molecule has 6 nitrogen and oxygen atoms in total. The number of nitrogens with one attached hydrogen (secondary N) is 1. The number of allylic oxidation sites excluding steroid dienone is 1. The van der Waals surface area contributed by atoms with Crippen molar-refractivity contribution in [1.82, 2.24) is 4.98 Å². The first kappa shape index (κ1) is 20.4. The molecule has 0 amide bonds. The zero-order valence-corrected chi connectivity index (χ0v) is 17.6. The van der Waals surface area contributed by atoms with Gasteiger partial charge in [-0.1, -0.05) is 58.4 Å². The van der Waals surface area contributed by atoms with Crippen molar-refractivity contribution in [3.63, 3.8) is 0 Å². The highest BCUT2D eigenvalue weighted by molar-refractivity contribution is 9.10. The Kier molecular flexibility index (Phi) is 5.60. The summed E-state index contributed by atoms with van der Waals surface area (Å²) in [5.74, 6) is -1.90. The number of halogens is 1. The van der Waals surface area contributed by atoms with Gasteiger partial charge in [-0.15, -0.1) is 0 Å². The highest BCUT2D eigenvalue weighted by atomic mass is 79.9. The molecule has 0 fully saturated rings. The molecular formula is C24H16BrNO5. The number of fused-ring (bicyclic) bond motifs is 1. The van der Waals surface area contributed by atoms with Crippen molar-refractivity contribution in [1.29, 1.82) is 0 Å². The van der Waals surface area contributed by atoms with E-state index >= 15 is 0 Å². The number of ether oxygens (including phenoxy) is 1. The van der Waals surface area contributed by atoms with Crippen molar-refractivity contribution in [3.05, 3.63) is 94.0 Å². The number of aromatic amines is 1. The van der Waals surface area contributed by atoms with Gasteiger partial charge in [-0.05, 0) is 42.0 Å². The van der Waals surface area contributed by atoms with Gasteiger partial charge in [0, 0.05) is 15.4 Å². The Bertz CT molecular complexity index is 1320. The third-order valence-corrected chi connectivity index (χ3v) is 5.17. The second-order valence-electron chi connectivity index (χ2n) is 6.68. The average Bonchev–Trinajstić information content (AvgIpc) is 3.11. The Morgan fingerprint density at radius 3 is 2.42 bits per heavy atom. The lowest BCUT2D eigenvalue weighted by Crippen LogP contribution is -2.02. The number of aromatic carboxylic acids is 1. The number of aromatic hydroxyl groups is 1. The quantitative estimate of drug-likeness (QED) is 0.232. The van der Waals surface area contributed by atoms with Crippen LogP contribution in [-0.4, -0.2) is 26.9 Å². The smallest absolute Gasteiger partial charge is 0.341 e. The van der Waals surface area contributed by atoms with Crippen LogP contribution in [-0.2, 0) is 0 Å². The van der Waals surface area contributed by atoms with E-state index in [1.165, 1.54) is 24.3 Å². The minimum absolute atomic E-state index is 0.0229. The van der Waals surface area contributed by atoms with E-state index in [2.05, 4.69) is 20.9 Å². The van der Waals surface area contributed by atoms with Crippen LogP contribution in [0.5, 0.6) is 17.4 Å². The van der Waals surface area contributed by atoms with Crippen molar-refractivity contribution in [3.8, 4) is 17.4 Å². The van der Waals surface area contributed by atoms with Gasteiger partial charge in [0.2, 0.25) is 5.88 Å². The number of carbonyl (C=O) groups excluding carboxylic acids is 1. The van der Waals surface area contributed by atoms with Crippen molar-refractivity contribution >= 4 is 44.7 Å². The van der Waals surface area contributed by atoms with E-state index < -0.39 is 11.8 Å². The molecule has 0 spiro atoms. The maximum atomic E-state index is 12.8. The first-order valence-corrected chi connectivity index (χ1v) is 10.0. The summed E-state index contributed by atoms with van der Waals surface area (Å²) in [6, 6.07) is 18.6. The molecule has 1 heterocycles. The van der Waals surface area contributed by atoms with Gasteiger partial charge in [0.05, 0.1) is 0 Å². The second kappa shape index (κ2) is 8.49. The zero-order valence-electron chi connectivity index (χ0n) is 16.0. The fourth-order valence-electron chi connectivity index (χ4n) is 3.20. The van der Waals surface area contributed by atoms with Gasteiger partial charge in [0.15, 0.2) is 5.78 Å². The number of para-hydroxylation sites is 1. The number of benzene rings is 3. The summed E-state index contributed by atoms with van der Waals surface area (Å²) < 4.78 is 6.72. The Hall–Kier alpha value is -3.84. The molecule has 0 saturated heterocycles. The van der Waals surface area contributed by atoms with Crippen LogP contribution in [0.25, 0.3) is 17.0 Å². The number of rotatable bonds is 6. The fourth-order valence-corrected chi connectivity index (χ4v) is 3.46. The molecule has 0 saturated carbocycles. The summed E-state index contributed by atoms with van der Waals surface area (Å²) in [7, 11) is 0. The van der Waals surface area contributed by atoms with Crippen molar-refractivity contribution in [2.24, 2.45) is 0 Å². The molecule has 3 N–H and O–H groups in total. The fraction of sp³-hybridized carbons (Fsp3) is 0. The summed E-state index contributed by atoms with van der Waals surface area (Å²) in [6.07, 6.45) is 2.95. The molecule has 4 rings (SSSR count). The number of carboxylic acids is 1. The molecule has 0 unspecified atom stereocenters. The van der Waals surface area contributed by atoms with Gasteiger partial charge in [0.1, 0.15) is 22.6 Å². The lowest BCUT2D eigenvalue weighted by Gasteiger charge is -2.10. The lowest BCUT2D eigenvalue weighted by atomic mass is 10.1. The van der Waals surface area contributed by atoms with Crippen LogP contribution in [0, 0.1) is 0 Å². The SMILES string of the molecule is O=C(C=Cc1ccc(Br)cc1)c1c(O)cccc1Oc1[nH]c2ccccc2c1C(=O)O. The first-order valence-electron chi connectivity index (χ1n) is 9.26. The molecule has 0 radical (unpaired) electrons. The molecule has 0 aliphatic rings. The third kappa shape index (κ3) is 4.22. The molecule has 31 heavy (non-hydrogen) atoms. The van der Waals surface area contributed by atoms with Crippen LogP contribution in [0.15, 0.2) is 77.3 Å². The Labute approximate surface area is 185 Å². The number of carboxylic acid groups (broad SMARTS) is 1. The summed E-state index contributed by atoms with van der Waals surface area (Å²) in [5, 5.41) is 20.5. The molecule has 0 aliphatic carbocycles. The predicted octanol–water partition coefficient (Wildman–Crippen LogP) is 6.02. The van der Waals surface area contributed by atoms with E-state index in [0.29, 0.717) is 10.9 Å². The van der Waals surface area contributed by atoms with Gasteiger partial charge < -0.3 is 19.9 Å². The van der Waals surface area contributed by atoms with E-state index in [-0.39, 0.29) is 28.5 Å². The van der Waals surface area contributed by atoms with Gasteiger partial charge in [0.25, 0.3) is 0 Å². The number of hydrogen-bond donors (Lipinski definition) is 3. The van der Waals surface area contributed by atoms with Crippen molar-refractivity contribution in [2.45, 2.75) is 0 Å². The van der Waals surface area contributed by atoms with E-state index in [1.807, 2.05) is 24.3 Å². The monoisotopic (exact) mass is 477 g/mol. The van der Waals surface area contributed by atoms with Crippen LogP contribution in [0.4, 0.5) is 0 Å². The summed E-state index contributed by atoms with van der Waals surface area (Å²) in [5.41, 5.74) is 1.27. The van der Waals surface area contributed by atoms with Crippen LogP contribution in [0.2, 0.25) is 0 Å². The highest BCUT2D eigenvalue weighted by Gasteiger charge is 2.22. The average molecular weight is 478 g/mol. The normalized spacial score (nSPS) is 11.1. The van der Waals surface area contributed by atoms with E-state index in [4.69, 9.17) is 4.74 Å². The maximum Gasteiger partial charge on any atom is 0.341 e. The summed E-state index contributed by atoms with van der Waals surface area (Å²) in [4.78, 5) is 27.6. The number of phenols is 1. The summed E-state index contributed by atoms with van der Waals surface area (Å²) in [6.45, 7) is 0. The molecule has 154 valence electrons. The molecular weight excluding hydrogens is 462 g/mol. The molecule has 7 heteroatoms. The molecule has 3 aromatic carbocycles. The van der Waals surface area contributed by atoms with Crippen LogP contribution >= 0.6 is 15.9 Å². The van der Waals surface area contributed by atoms with Gasteiger partial charge in [-0.2, -0.15) is 0 Å². The van der Waals surface area contributed by atoms with E-state index in [0.717, 1.165) is 10.0 Å². The van der Waals surface area contributed by atoms with E-state index in [1.54, 1.807) is 30.3 Å². The molecule has 0 aliphatic heterocycles. The van der Waals surface area contributed by atoms with Crippen LogP contribution in [0.3, 0.4) is 0 Å². The predicted molar refractivity (Wildman–Crippen MR) is 121 cm³/mol. The molecule has 1 aromatic heterocycles. The van der Waals surface area contributed by atoms with Gasteiger partial charge in [-0.3, -0.25) is 4.79 Å². The highest BCUT2D eigenvalue weighted by Crippen LogP contribution is 2.36. The van der Waals surface area contributed by atoms with E-state index in [9.17, 15) is 19.8 Å². The number of aromatic nitrogens is 1. The minimum Gasteiger partial charge on any atom is -0.507 e. The molecule has 0 bridgehead atoms. The largest absolute Gasteiger partial charge is 0.507 e. The Morgan fingerprint density at radius 1 is 0.935 bits per heavy atom. The Morgan fingerprint density at radius 2 is 1.68 bits per heavy atom. The standard InChI is InChI=1S/C24H16BrNO5/c25-15-11-8-14(9-12-15)10-13-19(28)22-18(27)6-3-7-20(22)31-23-21(24(29)30)16-4-1-2-5-17(16)26-23/h1-13,26-27H,(H,29,30). The Balaban J connectivity index is 1.71. The number of phenolic OH excluding ortho intramolecular Hbond substituents is 1. The van der Waals surface area contributed by atoms with Gasteiger partial charge >= 0.3 is 5.97 Å². The minimum atomic E-state index is -1.17. The lowest BCUT2D eigenvalue weighted by molar-refractivity contribution is 0.0696. The van der Waals surface area contributed by atoms with Gasteiger partial charge in [-0.25, -0.2) is 4.79 Å². The number of carbonyl (C=O) groups is 2. The van der Waals surface area contributed by atoms with Crippen LogP contribution < -0.4 is 4.74 Å². The zero-order chi connectivity index (χ0) is 22.0. The molecule has 0 atom stereocenters. The summed E-state index contributed by atoms with van der Waals surface area (Å²) >= 11 is 3.36. The number of H-pyrrole nitrogens is 1. The second-order valence-corrected chi connectivity index (χ2v) is 7.60. The number of hydrogen-bond acceptors (Lipinski definition) is 4.